The fraction of sp³-hybridized carbons (Fsp3) is 0.214. The number of thiophene rings is 1. The van der Waals surface area contributed by atoms with Gasteiger partial charge in [-0.15, -0.1) is 11.3 Å². The number of halogens is 2. The van der Waals surface area contributed by atoms with Gasteiger partial charge in [0.05, 0.1) is 16.4 Å². The summed E-state index contributed by atoms with van der Waals surface area (Å²) < 4.78 is 5.62. The fourth-order valence-electron chi connectivity index (χ4n) is 1.61. The molecule has 2 aromatic heterocycles. The van der Waals surface area contributed by atoms with Crippen molar-refractivity contribution in [1.82, 2.24) is 9.88 Å². The number of pyridine rings is 1. The Morgan fingerprint density at radius 3 is 2.73 bits per heavy atom. The van der Waals surface area contributed by atoms with Gasteiger partial charge in [-0.1, -0.05) is 23.2 Å². The standard InChI is InChI=1S/C14H12Cl2N2O3S/c1-18(7-9-4-5-11(15)22-9)12(19)8-21-14(20)10-3-2-6-17-13(10)16/h2-6H,7-8H2,1H3. The highest BCUT2D eigenvalue weighted by atomic mass is 35.5. The molecule has 0 aromatic carbocycles. The average molecular weight is 359 g/mol. The van der Waals surface area contributed by atoms with E-state index in [1.807, 2.05) is 6.07 Å². The molecule has 0 bridgehead atoms. The van der Waals surface area contributed by atoms with Crippen LogP contribution in [0.5, 0.6) is 0 Å². The van der Waals surface area contributed by atoms with E-state index in [0.29, 0.717) is 10.9 Å². The number of esters is 1. The number of aromatic nitrogens is 1. The molecule has 0 spiro atoms. The Bertz CT molecular complexity index is 690. The number of ether oxygens (including phenoxy) is 1. The smallest absolute Gasteiger partial charge is 0.341 e. The molecule has 0 radical (unpaired) electrons. The normalized spacial score (nSPS) is 10.3. The molecule has 0 saturated heterocycles. The van der Waals surface area contributed by atoms with E-state index >= 15 is 0 Å². The molecular formula is C14H12Cl2N2O3S. The van der Waals surface area contributed by atoms with Crippen molar-refractivity contribution in [3.8, 4) is 0 Å². The van der Waals surface area contributed by atoms with Gasteiger partial charge in [-0.2, -0.15) is 0 Å². The average Bonchev–Trinajstić information content (AvgIpc) is 2.90. The van der Waals surface area contributed by atoms with Crippen molar-refractivity contribution < 1.29 is 14.3 Å². The Kier molecular flexibility index (Phi) is 5.76. The number of rotatable bonds is 5. The number of nitrogens with zero attached hydrogens (tertiary/aromatic N) is 2. The lowest BCUT2D eigenvalue weighted by atomic mass is 10.3. The largest absolute Gasteiger partial charge is 0.452 e. The Morgan fingerprint density at radius 2 is 2.09 bits per heavy atom. The van der Waals surface area contributed by atoms with Crippen molar-refractivity contribution in [2.75, 3.05) is 13.7 Å². The van der Waals surface area contributed by atoms with Crippen LogP contribution in [-0.2, 0) is 16.1 Å². The van der Waals surface area contributed by atoms with E-state index in [-0.39, 0.29) is 23.2 Å². The van der Waals surface area contributed by atoms with Gasteiger partial charge in [0.25, 0.3) is 5.91 Å². The molecule has 2 aromatic rings. The van der Waals surface area contributed by atoms with Crippen molar-refractivity contribution in [3.63, 3.8) is 0 Å². The first-order valence-corrected chi connectivity index (χ1v) is 7.80. The monoisotopic (exact) mass is 358 g/mol. The molecule has 0 N–H and O–H groups in total. The van der Waals surface area contributed by atoms with Crippen LogP contribution in [0.1, 0.15) is 15.2 Å². The molecular weight excluding hydrogens is 347 g/mol. The van der Waals surface area contributed by atoms with Crippen LogP contribution >= 0.6 is 34.5 Å². The van der Waals surface area contributed by atoms with E-state index in [0.717, 1.165) is 4.88 Å². The van der Waals surface area contributed by atoms with Gasteiger partial charge < -0.3 is 9.64 Å². The summed E-state index contributed by atoms with van der Waals surface area (Å²) in [5.74, 6) is -1.00. The van der Waals surface area contributed by atoms with Crippen LogP contribution in [0.4, 0.5) is 0 Å². The molecule has 8 heteroatoms. The minimum absolute atomic E-state index is 0.0431. The second-order valence-electron chi connectivity index (χ2n) is 4.37. The Balaban J connectivity index is 1.87. The summed E-state index contributed by atoms with van der Waals surface area (Å²) in [6.45, 7) is 0.0427. The van der Waals surface area contributed by atoms with Crippen molar-refractivity contribution in [2.24, 2.45) is 0 Å². The summed E-state index contributed by atoms with van der Waals surface area (Å²) in [5.41, 5.74) is 0.129. The zero-order valence-electron chi connectivity index (χ0n) is 11.6. The lowest BCUT2D eigenvalue weighted by Gasteiger charge is -2.16. The van der Waals surface area contributed by atoms with Crippen LogP contribution in [0.15, 0.2) is 30.5 Å². The molecule has 22 heavy (non-hydrogen) atoms. The molecule has 0 fully saturated rings. The van der Waals surface area contributed by atoms with E-state index in [4.69, 9.17) is 27.9 Å². The lowest BCUT2D eigenvalue weighted by molar-refractivity contribution is -0.133. The molecule has 0 aliphatic heterocycles. The minimum Gasteiger partial charge on any atom is -0.452 e. The van der Waals surface area contributed by atoms with Crippen molar-refractivity contribution >= 4 is 46.4 Å². The number of likely N-dealkylation sites (N-methyl/N-ethyl adjacent to an activating group) is 1. The zero-order valence-corrected chi connectivity index (χ0v) is 13.9. The Morgan fingerprint density at radius 1 is 1.32 bits per heavy atom. The van der Waals surface area contributed by atoms with Crippen molar-refractivity contribution in [3.05, 3.63) is 50.4 Å². The molecule has 0 unspecified atom stereocenters. The molecule has 0 atom stereocenters. The predicted octanol–water partition coefficient (Wildman–Crippen LogP) is 3.27. The molecule has 5 nitrogen and oxygen atoms in total. The molecule has 116 valence electrons. The van der Waals surface area contributed by atoms with Crippen LogP contribution in [-0.4, -0.2) is 35.4 Å². The zero-order chi connectivity index (χ0) is 16.1. The van der Waals surface area contributed by atoms with E-state index < -0.39 is 5.97 Å². The third-order valence-corrected chi connectivity index (χ3v) is 4.27. The maximum atomic E-state index is 11.9. The maximum Gasteiger partial charge on any atom is 0.341 e. The maximum absolute atomic E-state index is 11.9. The SMILES string of the molecule is CN(Cc1ccc(Cl)s1)C(=O)COC(=O)c1cccnc1Cl. The summed E-state index contributed by atoms with van der Waals surface area (Å²) >= 11 is 13.0. The van der Waals surface area contributed by atoms with E-state index in [1.54, 1.807) is 19.2 Å². The first kappa shape index (κ1) is 16.7. The van der Waals surface area contributed by atoms with Gasteiger partial charge in [0.15, 0.2) is 6.61 Å². The van der Waals surface area contributed by atoms with Gasteiger partial charge in [0.2, 0.25) is 0 Å². The van der Waals surface area contributed by atoms with Crippen LogP contribution in [0.2, 0.25) is 9.49 Å². The highest BCUT2D eigenvalue weighted by Gasteiger charge is 2.16. The van der Waals surface area contributed by atoms with Crippen LogP contribution in [0.25, 0.3) is 0 Å². The van der Waals surface area contributed by atoms with Gasteiger partial charge in [0, 0.05) is 18.1 Å². The molecule has 0 saturated carbocycles. The van der Waals surface area contributed by atoms with Gasteiger partial charge in [-0.3, -0.25) is 4.79 Å². The predicted molar refractivity (Wildman–Crippen MR) is 85.3 cm³/mol. The quantitative estimate of drug-likeness (QED) is 0.607. The number of amides is 1. The van der Waals surface area contributed by atoms with Gasteiger partial charge in [-0.25, -0.2) is 9.78 Å². The summed E-state index contributed by atoms with van der Waals surface area (Å²) in [6.07, 6.45) is 1.46. The highest BCUT2D eigenvalue weighted by molar-refractivity contribution is 7.16. The minimum atomic E-state index is -0.681. The van der Waals surface area contributed by atoms with Crippen molar-refractivity contribution in [1.29, 1.82) is 0 Å². The van der Waals surface area contributed by atoms with E-state index in [9.17, 15) is 9.59 Å². The summed E-state index contributed by atoms with van der Waals surface area (Å²) in [5, 5.41) is 0.0431. The van der Waals surface area contributed by atoms with Crippen LogP contribution in [0.3, 0.4) is 0 Å². The van der Waals surface area contributed by atoms with Crippen LogP contribution in [0, 0.1) is 0 Å². The second-order valence-corrected chi connectivity index (χ2v) is 6.53. The first-order valence-electron chi connectivity index (χ1n) is 6.23. The molecule has 0 aliphatic rings. The second kappa shape index (κ2) is 7.58. The third-order valence-electron chi connectivity index (χ3n) is 2.75. The summed E-state index contributed by atoms with van der Waals surface area (Å²) in [7, 11) is 1.63. The van der Waals surface area contributed by atoms with Gasteiger partial charge >= 0.3 is 5.97 Å². The first-order chi connectivity index (χ1) is 10.5. The topological polar surface area (TPSA) is 59.5 Å². The lowest BCUT2D eigenvalue weighted by Crippen LogP contribution is -2.30. The third kappa shape index (κ3) is 4.43. The highest BCUT2D eigenvalue weighted by Crippen LogP contribution is 2.22. The number of hydrogen-bond acceptors (Lipinski definition) is 5. The summed E-state index contributed by atoms with van der Waals surface area (Å²) in [4.78, 5) is 30.0. The number of hydrogen-bond donors (Lipinski definition) is 0. The molecule has 2 rings (SSSR count). The van der Waals surface area contributed by atoms with Gasteiger partial charge in [-0.05, 0) is 24.3 Å². The van der Waals surface area contributed by atoms with Gasteiger partial charge in [0.1, 0.15) is 5.15 Å². The van der Waals surface area contributed by atoms with Crippen LogP contribution < -0.4 is 0 Å². The number of carbonyl (C=O) groups is 2. The Hall–Kier alpha value is -1.63. The molecule has 2 heterocycles. The number of carbonyl (C=O) groups excluding carboxylic acids is 2. The summed E-state index contributed by atoms with van der Waals surface area (Å²) in [6, 6.07) is 6.67. The van der Waals surface area contributed by atoms with E-state index in [2.05, 4.69) is 4.98 Å². The van der Waals surface area contributed by atoms with Crippen molar-refractivity contribution in [2.45, 2.75) is 6.54 Å². The van der Waals surface area contributed by atoms with E-state index in [1.165, 1.54) is 28.5 Å². The fourth-order valence-corrected chi connectivity index (χ4v) is 2.95. The molecule has 1 amide bonds. The molecule has 0 aliphatic carbocycles. The Labute approximate surface area is 141 Å².